The van der Waals surface area contributed by atoms with Gasteiger partial charge >= 0.3 is 0 Å². The average molecular weight is 344 g/mol. The minimum atomic E-state index is -0.308. The first-order chi connectivity index (χ1) is 11.5. The van der Waals surface area contributed by atoms with Crippen molar-refractivity contribution < 1.29 is 4.79 Å². The van der Waals surface area contributed by atoms with Crippen LogP contribution in [0.3, 0.4) is 0 Å². The van der Waals surface area contributed by atoms with E-state index >= 15 is 0 Å². The molecule has 1 aliphatic rings. The number of carbonyl (C=O) groups excluding carboxylic acids is 1. The van der Waals surface area contributed by atoms with Gasteiger partial charge in [0.1, 0.15) is 4.83 Å². The number of amides is 1. The summed E-state index contributed by atoms with van der Waals surface area (Å²) in [7, 11) is 1.81. The maximum atomic E-state index is 12.5. The minimum Gasteiger partial charge on any atom is -0.369 e. The van der Waals surface area contributed by atoms with E-state index in [1.54, 1.807) is 16.9 Å². The van der Waals surface area contributed by atoms with Crippen LogP contribution in [0.5, 0.6) is 0 Å². The Labute approximate surface area is 140 Å². The van der Waals surface area contributed by atoms with Crippen molar-refractivity contribution in [2.75, 3.05) is 5.32 Å². The van der Waals surface area contributed by atoms with Crippen molar-refractivity contribution in [2.45, 2.75) is 19.3 Å². The van der Waals surface area contributed by atoms with E-state index in [1.165, 1.54) is 11.3 Å². The highest BCUT2D eigenvalue weighted by Gasteiger charge is 2.28. The molecule has 8 nitrogen and oxygen atoms in total. The normalized spacial score (nSPS) is 17.0. The molecule has 0 aromatic carbocycles. The molecule has 0 spiro atoms. The molecule has 3 heterocycles. The molecular formula is C15H16N6O2S. The van der Waals surface area contributed by atoms with Crippen LogP contribution in [0.15, 0.2) is 17.1 Å². The summed E-state index contributed by atoms with van der Waals surface area (Å²) in [4.78, 5) is 33.1. The number of anilines is 2. The Balaban J connectivity index is 1.75. The van der Waals surface area contributed by atoms with Crippen LogP contribution < -0.4 is 16.6 Å². The van der Waals surface area contributed by atoms with Gasteiger partial charge in [-0.25, -0.2) is 4.98 Å². The molecule has 0 radical (unpaired) electrons. The van der Waals surface area contributed by atoms with Crippen LogP contribution >= 0.6 is 11.3 Å². The fourth-order valence-electron chi connectivity index (χ4n) is 3.09. The third-order valence-electron chi connectivity index (χ3n) is 4.28. The lowest BCUT2D eigenvalue weighted by molar-refractivity contribution is -0.122. The van der Waals surface area contributed by atoms with Crippen LogP contribution in [-0.2, 0) is 24.7 Å². The second-order valence-electron chi connectivity index (χ2n) is 5.94. The number of hydrogen-bond donors (Lipinski definition) is 3. The maximum absolute atomic E-state index is 12.5. The summed E-state index contributed by atoms with van der Waals surface area (Å²) in [5.41, 5.74) is 6.14. The second-order valence-corrected chi connectivity index (χ2v) is 7.02. The molecule has 0 bridgehead atoms. The van der Waals surface area contributed by atoms with E-state index in [1.807, 2.05) is 7.05 Å². The van der Waals surface area contributed by atoms with Crippen molar-refractivity contribution in [1.82, 2.24) is 19.7 Å². The molecule has 0 saturated heterocycles. The van der Waals surface area contributed by atoms with Crippen molar-refractivity contribution in [3.8, 4) is 0 Å². The molecule has 1 aliphatic carbocycles. The van der Waals surface area contributed by atoms with Crippen LogP contribution in [0.1, 0.15) is 16.9 Å². The highest BCUT2D eigenvalue weighted by molar-refractivity contribution is 7.18. The summed E-state index contributed by atoms with van der Waals surface area (Å²) in [5, 5.41) is 7.78. The van der Waals surface area contributed by atoms with Crippen molar-refractivity contribution >= 4 is 39.2 Å². The monoisotopic (exact) mass is 344 g/mol. The zero-order chi connectivity index (χ0) is 16.8. The molecule has 4 N–H and O–H groups in total. The lowest BCUT2D eigenvalue weighted by Gasteiger charge is -2.18. The van der Waals surface area contributed by atoms with Gasteiger partial charge in [-0.3, -0.25) is 19.3 Å². The highest BCUT2D eigenvalue weighted by Crippen LogP contribution is 2.36. The highest BCUT2D eigenvalue weighted by atomic mass is 32.1. The Hall–Kier alpha value is -2.68. The number of thiophene rings is 1. The third kappa shape index (κ3) is 2.46. The number of carbonyl (C=O) groups is 1. The molecule has 0 saturated carbocycles. The van der Waals surface area contributed by atoms with Gasteiger partial charge in [0.05, 0.1) is 5.39 Å². The number of rotatable bonds is 3. The van der Waals surface area contributed by atoms with Gasteiger partial charge in [-0.1, -0.05) is 0 Å². The summed E-state index contributed by atoms with van der Waals surface area (Å²) >= 11 is 1.51. The predicted molar refractivity (Wildman–Crippen MR) is 91.4 cm³/mol. The van der Waals surface area contributed by atoms with Crippen LogP contribution in [0.4, 0.5) is 11.8 Å². The van der Waals surface area contributed by atoms with Crippen LogP contribution in [0.2, 0.25) is 0 Å². The van der Waals surface area contributed by atoms with Gasteiger partial charge < -0.3 is 11.1 Å². The minimum absolute atomic E-state index is 0.207. The number of hydrogen-bond acceptors (Lipinski definition) is 6. The number of aromatic amines is 1. The van der Waals surface area contributed by atoms with Gasteiger partial charge in [-0.05, 0) is 24.8 Å². The zero-order valence-electron chi connectivity index (χ0n) is 13.0. The average Bonchev–Trinajstić information content (AvgIpc) is 3.09. The number of nitrogens with zero attached hydrogens (tertiary/aromatic N) is 3. The first-order valence-corrected chi connectivity index (χ1v) is 8.43. The second kappa shape index (κ2) is 5.45. The topological polar surface area (TPSA) is 119 Å². The molecule has 1 unspecified atom stereocenters. The predicted octanol–water partition coefficient (Wildman–Crippen LogP) is 1.05. The number of aromatic nitrogens is 4. The molecule has 1 amide bonds. The molecular weight excluding hydrogens is 328 g/mol. The number of H-pyrrole nitrogens is 1. The van der Waals surface area contributed by atoms with Gasteiger partial charge in [0.25, 0.3) is 5.56 Å². The van der Waals surface area contributed by atoms with Crippen LogP contribution in [-0.4, -0.2) is 25.7 Å². The summed E-state index contributed by atoms with van der Waals surface area (Å²) in [6.45, 7) is 0. The largest absolute Gasteiger partial charge is 0.369 e. The van der Waals surface area contributed by atoms with Gasteiger partial charge in [0.15, 0.2) is 5.82 Å². The number of aryl methyl sites for hydroxylation is 2. The Kier molecular flexibility index (Phi) is 3.38. The fraction of sp³-hybridized carbons (Fsp3) is 0.333. The van der Waals surface area contributed by atoms with E-state index in [4.69, 9.17) is 5.73 Å². The smallest absolute Gasteiger partial charge is 0.261 e. The molecule has 3 aromatic heterocycles. The van der Waals surface area contributed by atoms with Gasteiger partial charge in [-0.2, -0.15) is 5.10 Å². The van der Waals surface area contributed by atoms with Gasteiger partial charge in [0.2, 0.25) is 11.9 Å². The Morgan fingerprint density at radius 1 is 1.54 bits per heavy atom. The van der Waals surface area contributed by atoms with Crippen LogP contribution in [0, 0.1) is 5.92 Å². The van der Waals surface area contributed by atoms with E-state index in [0.29, 0.717) is 28.4 Å². The van der Waals surface area contributed by atoms with Gasteiger partial charge in [-0.15, -0.1) is 11.3 Å². The SMILES string of the molecule is Cn1ccc(Nc2nc3sc4c(c3c(=O)[nH]2)CC(C(N)=O)CC4)n1. The van der Waals surface area contributed by atoms with Crippen molar-refractivity contribution in [1.29, 1.82) is 0 Å². The molecule has 124 valence electrons. The number of nitrogens with one attached hydrogen (secondary N) is 2. The van der Waals surface area contributed by atoms with Crippen LogP contribution in [0.25, 0.3) is 10.2 Å². The fourth-order valence-corrected chi connectivity index (χ4v) is 4.30. The molecule has 1 atom stereocenters. The van der Waals surface area contributed by atoms with Crippen molar-refractivity contribution in [2.24, 2.45) is 18.7 Å². The molecule has 0 fully saturated rings. The maximum Gasteiger partial charge on any atom is 0.261 e. The number of fused-ring (bicyclic) bond motifs is 3. The Morgan fingerprint density at radius 2 is 2.38 bits per heavy atom. The summed E-state index contributed by atoms with van der Waals surface area (Å²) < 4.78 is 1.66. The molecule has 4 rings (SSSR count). The molecule has 24 heavy (non-hydrogen) atoms. The standard InChI is InChI=1S/C15H16N6O2S/c1-21-5-4-10(20-21)17-15-18-13(23)11-8-6-7(12(16)22)2-3-9(8)24-14(11)19-15/h4-5,7H,2-3,6H2,1H3,(H2,16,22)(H2,17,18,19,20,23). The van der Waals surface area contributed by atoms with Crippen molar-refractivity contribution in [3.63, 3.8) is 0 Å². The van der Waals surface area contributed by atoms with E-state index in [2.05, 4.69) is 20.4 Å². The summed E-state index contributed by atoms with van der Waals surface area (Å²) in [6.07, 6.45) is 3.80. The number of nitrogens with two attached hydrogens (primary N) is 1. The van der Waals surface area contributed by atoms with E-state index in [0.717, 1.165) is 23.3 Å². The summed E-state index contributed by atoms with van der Waals surface area (Å²) in [5.74, 6) is 0.449. The van der Waals surface area contributed by atoms with Crippen molar-refractivity contribution in [3.05, 3.63) is 33.1 Å². The zero-order valence-corrected chi connectivity index (χ0v) is 13.8. The first-order valence-electron chi connectivity index (χ1n) is 7.62. The Bertz CT molecular complexity index is 1000. The number of primary amides is 1. The van der Waals surface area contributed by atoms with E-state index < -0.39 is 0 Å². The molecule has 3 aromatic rings. The quantitative estimate of drug-likeness (QED) is 0.656. The molecule has 9 heteroatoms. The third-order valence-corrected chi connectivity index (χ3v) is 5.46. The first kappa shape index (κ1) is 14.9. The Morgan fingerprint density at radius 3 is 3.08 bits per heavy atom. The lowest BCUT2D eigenvalue weighted by Crippen LogP contribution is -2.28. The van der Waals surface area contributed by atoms with E-state index in [9.17, 15) is 9.59 Å². The van der Waals surface area contributed by atoms with Gasteiger partial charge in [0, 0.05) is 30.1 Å². The summed E-state index contributed by atoms with van der Waals surface area (Å²) in [6, 6.07) is 1.79. The molecule has 0 aliphatic heterocycles. The van der Waals surface area contributed by atoms with E-state index in [-0.39, 0.29) is 17.4 Å². The lowest BCUT2D eigenvalue weighted by atomic mass is 9.87.